The number of carbonyl (C=O) groups is 1. The molecule has 3 N–H and O–H groups in total. The van der Waals surface area contributed by atoms with Gasteiger partial charge in [-0.15, -0.1) is 0 Å². The Morgan fingerprint density at radius 2 is 2.05 bits per heavy atom. The van der Waals surface area contributed by atoms with E-state index in [9.17, 15) is 4.79 Å². The molecule has 5 heteroatoms. The molecule has 1 fully saturated rings. The molecule has 0 aliphatic heterocycles. The summed E-state index contributed by atoms with van der Waals surface area (Å²) < 4.78 is 0. The lowest BCUT2D eigenvalue weighted by Crippen LogP contribution is -2.37. The zero-order valence-corrected chi connectivity index (χ0v) is 12.4. The first-order valence-electron chi connectivity index (χ1n) is 7.75. The molecule has 0 saturated heterocycles. The number of rotatable bonds is 6. The van der Waals surface area contributed by atoms with Gasteiger partial charge in [0.25, 0.3) is 0 Å². The number of H-pyrrole nitrogens is 1. The fraction of sp³-hybridized carbons (Fsp3) is 0.733. The van der Waals surface area contributed by atoms with Gasteiger partial charge in [0.1, 0.15) is 0 Å². The second kappa shape index (κ2) is 8.04. The molecule has 0 unspecified atom stereocenters. The highest BCUT2D eigenvalue weighted by Gasteiger charge is 2.11. The second-order valence-electron chi connectivity index (χ2n) is 5.71. The monoisotopic (exact) mass is 278 g/mol. The van der Waals surface area contributed by atoms with Crippen LogP contribution in [0.2, 0.25) is 0 Å². The summed E-state index contributed by atoms with van der Waals surface area (Å²) in [5, 5.41) is 13.4. The van der Waals surface area contributed by atoms with Gasteiger partial charge in [0.15, 0.2) is 0 Å². The maximum absolute atomic E-state index is 11.7. The molecule has 1 amide bonds. The van der Waals surface area contributed by atoms with Gasteiger partial charge in [-0.25, -0.2) is 0 Å². The van der Waals surface area contributed by atoms with Gasteiger partial charge in [-0.2, -0.15) is 5.10 Å². The summed E-state index contributed by atoms with van der Waals surface area (Å²) in [5.74, 6) is 0.0409. The fourth-order valence-electron chi connectivity index (χ4n) is 2.75. The molecule has 2 rings (SSSR count). The Kier molecular flexibility index (Phi) is 6.05. The second-order valence-corrected chi connectivity index (χ2v) is 5.71. The molecule has 1 aliphatic rings. The van der Waals surface area contributed by atoms with Crippen molar-refractivity contribution in [2.75, 3.05) is 13.1 Å². The Bertz CT molecular complexity index is 408. The Morgan fingerprint density at radius 3 is 2.70 bits per heavy atom. The SMILES string of the molecule is Cc1cc(CC(=O)NCCNC2CCCCCC2)n[nH]1. The third-order valence-electron chi connectivity index (χ3n) is 3.84. The average molecular weight is 278 g/mol. The molecule has 0 atom stereocenters. The standard InChI is InChI=1S/C15H26N4O/c1-12-10-14(19-18-12)11-15(20)17-9-8-16-13-6-4-2-3-5-7-13/h10,13,16H,2-9,11H2,1H3,(H,17,20)(H,18,19). The molecule has 5 nitrogen and oxygen atoms in total. The lowest BCUT2D eigenvalue weighted by atomic mass is 10.1. The highest BCUT2D eigenvalue weighted by Crippen LogP contribution is 2.16. The topological polar surface area (TPSA) is 69.8 Å². The summed E-state index contributed by atoms with van der Waals surface area (Å²) in [6.45, 7) is 3.49. The molecule has 112 valence electrons. The van der Waals surface area contributed by atoms with Crippen LogP contribution >= 0.6 is 0 Å². The lowest BCUT2D eigenvalue weighted by molar-refractivity contribution is -0.120. The van der Waals surface area contributed by atoms with Crippen molar-refractivity contribution in [1.29, 1.82) is 0 Å². The number of hydrogen-bond donors (Lipinski definition) is 3. The minimum Gasteiger partial charge on any atom is -0.354 e. The van der Waals surface area contributed by atoms with Crippen molar-refractivity contribution in [2.45, 2.75) is 57.9 Å². The molecule has 1 saturated carbocycles. The summed E-state index contributed by atoms with van der Waals surface area (Å²) in [4.78, 5) is 11.7. The highest BCUT2D eigenvalue weighted by atomic mass is 16.1. The minimum atomic E-state index is 0.0409. The normalized spacial score (nSPS) is 16.9. The Balaban J connectivity index is 1.57. The van der Waals surface area contributed by atoms with Crippen LogP contribution in [0.5, 0.6) is 0 Å². The van der Waals surface area contributed by atoms with E-state index < -0.39 is 0 Å². The van der Waals surface area contributed by atoms with Crippen molar-refractivity contribution in [3.63, 3.8) is 0 Å². The maximum Gasteiger partial charge on any atom is 0.226 e. The number of nitrogens with zero attached hydrogens (tertiary/aromatic N) is 1. The van der Waals surface area contributed by atoms with Crippen LogP contribution in [0, 0.1) is 6.92 Å². The third-order valence-corrected chi connectivity index (χ3v) is 3.84. The first kappa shape index (κ1) is 15.0. The summed E-state index contributed by atoms with van der Waals surface area (Å²) in [6, 6.07) is 2.55. The van der Waals surface area contributed by atoms with Crippen LogP contribution in [0.1, 0.15) is 49.9 Å². The highest BCUT2D eigenvalue weighted by molar-refractivity contribution is 5.78. The predicted molar refractivity (Wildman–Crippen MR) is 79.5 cm³/mol. The van der Waals surface area contributed by atoms with E-state index in [1.165, 1.54) is 38.5 Å². The van der Waals surface area contributed by atoms with Crippen LogP contribution in [-0.4, -0.2) is 35.2 Å². The predicted octanol–water partition coefficient (Wildman–Crippen LogP) is 1.69. The zero-order chi connectivity index (χ0) is 14.2. The van der Waals surface area contributed by atoms with Crippen LogP contribution in [-0.2, 0) is 11.2 Å². The van der Waals surface area contributed by atoms with E-state index in [-0.39, 0.29) is 5.91 Å². The number of carbonyl (C=O) groups excluding carboxylic acids is 1. The fourth-order valence-corrected chi connectivity index (χ4v) is 2.75. The number of hydrogen-bond acceptors (Lipinski definition) is 3. The van der Waals surface area contributed by atoms with Crippen molar-refractivity contribution >= 4 is 5.91 Å². The van der Waals surface area contributed by atoms with Gasteiger partial charge in [-0.05, 0) is 25.8 Å². The van der Waals surface area contributed by atoms with Crippen LogP contribution in [0.3, 0.4) is 0 Å². The van der Waals surface area contributed by atoms with Gasteiger partial charge < -0.3 is 10.6 Å². The number of nitrogens with one attached hydrogen (secondary N) is 3. The van der Waals surface area contributed by atoms with Crippen molar-refractivity contribution in [3.05, 3.63) is 17.5 Å². The van der Waals surface area contributed by atoms with E-state index in [1.54, 1.807) is 0 Å². The van der Waals surface area contributed by atoms with Gasteiger partial charge in [-0.1, -0.05) is 25.7 Å². The van der Waals surface area contributed by atoms with Crippen LogP contribution in [0.25, 0.3) is 0 Å². The van der Waals surface area contributed by atoms with E-state index in [4.69, 9.17) is 0 Å². The van der Waals surface area contributed by atoms with Gasteiger partial charge in [0.2, 0.25) is 5.91 Å². The lowest BCUT2D eigenvalue weighted by Gasteiger charge is -2.16. The summed E-state index contributed by atoms with van der Waals surface area (Å²) >= 11 is 0. The number of aryl methyl sites for hydroxylation is 1. The van der Waals surface area contributed by atoms with E-state index in [2.05, 4.69) is 20.8 Å². The molecular weight excluding hydrogens is 252 g/mol. The Hall–Kier alpha value is -1.36. The van der Waals surface area contributed by atoms with Gasteiger partial charge in [-0.3, -0.25) is 9.89 Å². The van der Waals surface area contributed by atoms with Crippen molar-refractivity contribution in [2.24, 2.45) is 0 Å². The first-order chi connectivity index (χ1) is 9.74. The number of aromatic amines is 1. The van der Waals surface area contributed by atoms with E-state index >= 15 is 0 Å². The molecule has 1 aliphatic carbocycles. The average Bonchev–Trinajstić information content (AvgIpc) is 2.67. The van der Waals surface area contributed by atoms with Crippen LogP contribution in [0.4, 0.5) is 0 Å². The van der Waals surface area contributed by atoms with Crippen LogP contribution in [0.15, 0.2) is 6.07 Å². The van der Waals surface area contributed by atoms with Gasteiger partial charge in [0.05, 0.1) is 12.1 Å². The molecule has 1 heterocycles. The van der Waals surface area contributed by atoms with Crippen molar-refractivity contribution in [3.8, 4) is 0 Å². The smallest absolute Gasteiger partial charge is 0.226 e. The molecule has 0 radical (unpaired) electrons. The third kappa shape index (κ3) is 5.33. The number of amides is 1. The van der Waals surface area contributed by atoms with Crippen molar-refractivity contribution < 1.29 is 4.79 Å². The van der Waals surface area contributed by atoms with E-state index in [0.717, 1.165) is 17.9 Å². The Morgan fingerprint density at radius 1 is 1.30 bits per heavy atom. The maximum atomic E-state index is 11.7. The van der Waals surface area contributed by atoms with Crippen molar-refractivity contribution in [1.82, 2.24) is 20.8 Å². The molecule has 0 aromatic carbocycles. The van der Waals surface area contributed by atoms with Gasteiger partial charge in [0, 0.05) is 24.8 Å². The van der Waals surface area contributed by atoms with E-state index in [0.29, 0.717) is 19.0 Å². The molecule has 0 spiro atoms. The number of aromatic nitrogens is 2. The summed E-state index contributed by atoms with van der Waals surface area (Å²) in [5.41, 5.74) is 1.79. The molecule has 1 aromatic heterocycles. The molecule has 0 bridgehead atoms. The Labute approximate surface area is 120 Å². The first-order valence-corrected chi connectivity index (χ1v) is 7.75. The molecular formula is C15H26N4O. The quantitative estimate of drug-likeness (QED) is 0.548. The largest absolute Gasteiger partial charge is 0.354 e. The summed E-state index contributed by atoms with van der Waals surface area (Å²) in [6.07, 6.45) is 8.33. The van der Waals surface area contributed by atoms with Gasteiger partial charge >= 0.3 is 0 Å². The minimum absolute atomic E-state index is 0.0409. The van der Waals surface area contributed by atoms with Crippen LogP contribution < -0.4 is 10.6 Å². The van der Waals surface area contributed by atoms with E-state index in [1.807, 2.05) is 13.0 Å². The molecule has 20 heavy (non-hydrogen) atoms. The zero-order valence-electron chi connectivity index (χ0n) is 12.4. The molecule has 1 aromatic rings. The summed E-state index contributed by atoms with van der Waals surface area (Å²) in [7, 11) is 0.